The molecule has 6 nitrogen and oxygen atoms in total. The number of fused-ring (bicyclic) bond motifs is 1. The summed E-state index contributed by atoms with van der Waals surface area (Å²) in [5.74, 6) is 0.841. The second-order valence-corrected chi connectivity index (χ2v) is 8.49. The summed E-state index contributed by atoms with van der Waals surface area (Å²) in [6.45, 7) is 5.06. The van der Waals surface area contributed by atoms with Crippen LogP contribution in [0.5, 0.6) is 5.75 Å². The minimum atomic E-state index is -0.0741. The van der Waals surface area contributed by atoms with Crippen molar-refractivity contribution in [2.24, 2.45) is 5.92 Å². The maximum atomic E-state index is 12.7. The van der Waals surface area contributed by atoms with Gasteiger partial charge in [0.1, 0.15) is 5.75 Å². The summed E-state index contributed by atoms with van der Waals surface area (Å²) in [7, 11) is 0. The summed E-state index contributed by atoms with van der Waals surface area (Å²) >= 11 is 1.58. The quantitative estimate of drug-likeness (QED) is 0.815. The number of hydrogen-bond donors (Lipinski definition) is 1. The number of anilines is 1. The van der Waals surface area contributed by atoms with E-state index in [0.717, 1.165) is 34.7 Å². The molecule has 1 saturated heterocycles. The van der Waals surface area contributed by atoms with Gasteiger partial charge >= 0.3 is 0 Å². The molecule has 1 fully saturated rings. The summed E-state index contributed by atoms with van der Waals surface area (Å²) in [6, 6.07) is 9.44. The lowest BCUT2D eigenvalue weighted by Gasteiger charge is -2.26. The van der Waals surface area contributed by atoms with Gasteiger partial charge in [0.2, 0.25) is 5.91 Å². The van der Waals surface area contributed by atoms with Gasteiger partial charge in [-0.15, -0.1) is 11.3 Å². The van der Waals surface area contributed by atoms with E-state index in [4.69, 9.17) is 9.47 Å². The van der Waals surface area contributed by atoms with Crippen molar-refractivity contribution < 1.29 is 19.1 Å². The van der Waals surface area contributed by atoms with E-state index in [9.17, 15) is 9.59 Å². The summed E-state index contributed by atoms with van der Waals surface area (Å²) in [5.41, 5.74) is 1.92. The van der Waals surface area contributed by atoms with Crippen LogP contribution in [-0.4, -0.2) is 49.6 Å². The van der Waals surface area contributed by atoms with Crippen LogP contribution in [0.25, 0.3) is 0 Å². The van der Waals surface area contributed by atoms with E-state index in [1.807, 2.05) is 42.2 Å². The van der Waals surface area contributed by atoms with Gasteiger partial charge in [0.15, 0.2) is 0 Å². The Morgan fingerprint density at radius 2 is 2.00 bits per heavy atom. The summed E-state index contributed by atoms with van der Waals surface area (Å²) in [4.78, 5) is 29.4. The predicted molar refractivity (Wildman–Crippen MR) is 113 cm³/mol. The number of carbonyl (C=O) groups excluding carboxylic acids is 2. The minimum Gasteiger partial charge on any atom is -0.494 e. The molecule has 0 bridgehead atoms. The van der Waals surface area contributed by atoms with Crippen LogP contribution in [0.3, 0.4) is 0 Å². The Hall–Kier alpha value is -2.38. The zero-order valence-corrected chi connectivity index (χ0v) is 17.4. The molecule has 2 aromatic rings. The van der Waals surface area contributed by atoms with Gasteiger partial charge in [0, 0.05) is 29.6 Å². The van der Waals surface area contributed by atoms with E-state index in [-0.39, 0.29) is 17.7 Å². The Bertz CT molecular complexity index is 871. The van der Waals surface area contributed by atoms with E-state index >= 15 is 0 Å². The lowest BCUT2D eigenvalue weighted by molar-refractivity contribution is -0.120. The molecule has 7 heteroatoms. The van der Waals surface area contributed by atoms with Gasteiger partial charge in [-0.25, -0.2) is 0 Å². The number of rotatable bonds is 5. The second-order valence-electron chi connectivity index (χ2n) is 7.35. The molecule has 29 heavy (non-hydrogen) atoms. The van der Waals surface area contributed by atoms with Gasteiger partial charge in [-0.1, -0.05) is 0 Å². The van der Waals surface area contributed by atoms with Crippen LogP contribution in [0.2, 0.25) is 0 Å². The summed E-state index contributed by atoms with van der Waals surface area (Å²) < 4.78 is 10.8. The van der Waals surface area contributed by atoms with Crippen LogP contribution in [0.15, 0.2) is 30.3 Å². The summed E-state index contributed by atoms with van der Waals surface area (Å²) in [5, 5.41) is 3.01. The molecule has 0 spiro atoms. The molecule has 2 amide bonds. The van der Waals surface area contributed by atoms with Crippen molar-refractivity contribution in [1.29, 1.82) is 0 Å². The molecule has 1 N–H and O–H groups in total. The van der Waals surface area contributed by atoms with Gasteiger partial charge in [0.05, 0.1) is 24.7 Å². The van der Waals surface area contributed by atoms with Crippen molar-refractivity contribution in [3.8, 4) is 5.75 Å². The normalized spacial score (nSPS) is 18.8. The number of nitrogens with one attached hydrogen (secondary N) is 1. The SMILES string of the molecule is CCOc1ccc(NC(=O)[C@H]2CCc3sc(C(=O)N4CCOCC4)cc3C2)cc1. The molecule has 0 radical (unpaired) electrons. The maximum absolute atomic E-state index is 12.7. The van der Waals surface area contributed by atoms with Crippen LogP contribution in [0, 0.1) is 5.92 Å². The van der Waals surface area contributed by atoms with Crippen LogP contribution in [-0.2, 0) is 22.4 Å². The third kappa shape index (κ3) is 4.62. The number of aryl methyl sites for hydroxylation is 1. The molecule has 1 aromatic heterocycles. The first kappa shape index (κ1) is 19.9. The second kappa shape index (κ2) is 8.97. The highest BCUT2D eigenvalue weighted by atomic mass is 32.1. The zero-order chi connectivity index (χ0) is 20.2. The Labute approximate surface area is 174 Å². The molecule has 0 saturated carbocycles. The van der Waals surface area contributed by atoms with Crippen LogP contribution in [0.1, 0.15) is 33.5 Å². The topological polar surface area (TPSA) is 67.9 Å². The van der Waals surface area contributed by atoms with Crippen molar-refractivity contribution >= 4 is 28.8 Å². The third-order valence-electron chi connectivity index (χ3n) is 5.40. The highest BCUT2D eigenvalue weighted by molar-refractivity contribution is 7.14. The maximum Gasteiger partial charge on any atom is 0.264 e. The fourth-order valence-corrected chi connectivity index (χ4v) is 5.00. The van der Waals surface area contributed by atoms with E-state index in [0.29, 0.717) is 39.3 Å². The lowest BCUT2D eigenvalue weighted by Crippen LogP contribution is -2.40. The first-order chi connectivity index (χ1) is 14.1. The van der Waals surface area contributed by atoms with E-state index in [1.54, 1.807) is 11.3 Å². The van der Waals surface area contributed by atoms with Crippen molar-refractivity contribution in [2.45, 2.75) is 26.2 Å². The van der Waals surface area contributed by atoms with Crippen LogP contribution < -0.4 is 10.1 Å². The molecule has 154 valence electrons. The van der Waals surface area contributed by atoms with Crippen LogP contribution >= 0.6 is 11.3 Å². The molecular formula is C22H26N2O4S. The minimum absolute atomic E-state index is 0.0343. The van der Waals surface area contributed by atoms with Gasteiger partial charge in [-0.05, 0) is 62.1 Å². The highest BCUT2D eigenvalue weighted by Crippen LogP contribution is 2.33. The number of carbonyl (C=O) groups is 2. The first-order valence-electron chi connectivity index (χ1n) is 10.2. The van der Waals surface area contributed by atoms with E-state index < -0.39 is 0 Å². The Kier molecular flexibility index (Phi) is 6.16. The van der Waals surface area contributed by atoms with Crippen molar-refractivity contribution in [3.05, 3.63) is 45.6 Å². The molecule has 1 aromatic carbocycles. The van der Waals surface area contributed by atoms with Crippen LogP contribution in [0.4, 0.5) is 5.69 Å². The molecule has 1 atom stereocenters. The highest BCUT2D eigenvalue weighted by Gasteiger charge is 2.29. The smallest absolute Gasteiger partial charge is 0.264 e. The van der Waals surface area contributed by atoms with E-state index in [1.165, 1.54) is 4.88 Å². The molecule has 4 rings (SSSR count). The molecule has 1 aliphatic heterocycles. The molecule has 0 unspecified atom stereocenters. The molecular weight excluding hydrogens is 388 g/mol. The predicted octanol–water partition coefficient (Wildman–Crippen LogP) is 3.36. The largest absolute Gasteiger partial charge is 0.494 e. The molecule has 2 aliphatic rings. The van der Waals surface area contributed by atoms with E-state index in [2.05, 4.69) is 5.32 Å². The molecule has 2 heterocycles. The lowest BCUT2D eigenvalue weighted by atomic mass is 9.87. The van der Waals surface area contributed by atoms with Gasteiger partial charge in [-0.2, -0.15) is 0 Å². The summed E-state index contributed by atoms with van der Waals surface area (Å²) in [6.07, 6.45) is 2.34. The number of morpholine rings is 1. The van der Waals surface area contributed by atoms with Crippen molar-refractivity contribution in [3.63, 3.8) is 0 Å². The number of nitrogens with zero attached hydrogens (tertiary/aromatic N) is 1. The number of ether oxygens (including phenoxy) is 2. The Balaban J connectivity index is 1.38. The fourth-order valence-electron chi connectivity index (χ4n) is 3.82. The fraction of sp³-hybridized carbons (Fsp3) is 0.455. The first-order valence-corrected chi connectivity index (χ1v) is 11.0. The number of thiophene rings is 1. The number of amides is 2. The average molecular weight is 415 g/mol. The van der Waals surface area contributed by atoms with Gasteiger partial charge in [0.25, 0.3) is 5.91 Å². The number of benzene rings is 1. The number of hydrogen-bond acceptors (Lipinski definition) is 5. The Morgan fingerprint density at radius 1 is 1.24 bits per heavy atom. The average Bonchev–Trinajstić information content (AvgIpc) is 3.19. The van der Waals surface area contributed by atoms with Gasteiger partial charge in [-0.3, -0.25) is 9.59 Å². The Morgan fingerprint density at radius 3 is 2.72 bits per heavy atom. The van der Waals surface area contributed by atoms with Crippen molar-refractivity contribution in [1.82, 2.24) is 4.90 Å². The monoisotopic (exact) mass is 414 g/mol. The molecule has 1 aliphatic carbocycles. The zero-order valence-electron chi connectivity index (χ0n) is 16.6. The van der Waals surface area contributed by atoms with Gasteiger partial charge < -0.3 is 19.7 Å². The van der Waals surface area contributed by atoms with Crippen molar-refractivity contribution in [2.75, 3.05) is 38.2 Å². The third-order valence-corrected chi connectivity index (χ3v) is 6.62. The standard InChI is InChI=1S/C22H26N2O4S/c1-2-28-18-6-4-17(5-7-18)23-21(25)15-3-8-19-16(13-15)14-20(29-19)22(26)24-9-11-27-12-10-24/h4-7,14-15H,2-3,8-13H2,1H3,(H,23,25)/t15-/m0/s1.